The van der Waals surface area contributed by atoms with Crippen LogP contribution in [0, 0.1) is 0 Å². The molecule has 0 bridgehead atoms. The molecule has 0 saturated carbocycles. The van der Waals surface area contributed by atoms with Crippen LogP contribution in [0.3, 0.4) is 0 Å². The second kappa shape index (κ2) is 6.12. The molecule has 16 heavy (non-hydrogen) atoms. The Morgan fingerprint density at radius 3 is 2.81 bits per heavy atom. The minimum absolute atomic E-state index is 0.0698. The number of hydrogen-bond donors (Lipinski definition) is 2. The number of hydrogen-bond acceptors (Lipinski definition) is 3. The van der Waals surface area contributed by atoms with Crippen molar-refractivity contribution in [3.63, 3.8) is 0 Å². The van der Waals surface area contributed by atoms with Crippen molar-refractivity contribution in [2.75, 3.05) is 27.2 Å². The van der Waals surface area contributed by atoms with Crippen LogP contribution in [0.25, 0.3) is 0 Å². The van der Waals surface area contributed by atoms with E-state index < -0.39 is 0 Å². The first-order valence-electron chi connectivity index (χ1n) is 5.24. The fourth-order valence-corrected chi connectivity index (χ4v) is 1.19. The van der Waals surface area contributed by atoms with Gasteiger partial charge in [-0.25, -0.2) is 4.79 Å². The second-order valence-electron chi connectivity index (χ2n) is 3.78. The predicted octanol–water partition coefficient (Wildman–Crippen LogP) is -0.219. The van der Waals surface area contributed by atoms with Crippen LogP contribution in [0.15, 0.2) is 12.3 Å². The Labute approximate surface area is 95.6 Å². The molecule has 1 heterocycles. The zero-order valence-corrected chi connectivity index (χ0v) is 10.0. The predicted molar refractivity (Wildman–Crippen MR) is 62.0 cm³/mol. The first-order valence-corrected chi connectivity index (χ1v) is 5.24. The monoisotopic (exact) mass is 225 g/mol. The Morgan fingerprint density at radius 1 is 1.50 bits per heavy atom. The molecule has 90 valence electrons. The van der Waals surface area contributed by atoms with E-state index >= 15 is 0 Å². The number of amides is 2. The molecular formula is C10H19N5O. The third kappa shape index (κ3) is 4.31. The van der Waals surface area contributed by atoms with Gasteiger partial charge in [0, 0.05) is 47.0 Å². The van der Waals surface area contributed by atoms with Gasteiger partial charge in [0.2, 0.25) is 0 Å². The van der Waals surface area contributed by atoms with Crippen LogP contribution in [0.1, 0.15) is 5.69 Å². The van der Waals surface area contributed by atoms with Gasteiger partial charge in [-0.2, -0.15) is 5.10 Å². The summed E-state index contributed by atoms with van der Waals surface area (Å²) in [5.41, 5.74) is 1.00. The van der Waals surface area contributed by atoms with Gasteiger partial charge in [-0.3, -0.25) is 4.68 Å². The molecule has 2 amide bonds. The first-order chi connectivity index (χ1) is 7.59. The van der Waals surface area contributed by atoms with E-state index in [2.05, 4.69) is 15.7 Å². The third-order valence-electron chi connectivity index (χ3n) is 2.06. The van der Waals surface area contributed by atoms with E-state index in [4.69, 9.17) is 0 Å². The molecule has 0 fully saturated rings. The van der Waals surface area contributed by atoms with E-state index in [1.807, 2.05) is 19.3 Å². The molecule has 1 aromatic heterocycles. The maximum atomic E-state index is 11.2. The van der Waals surface area contributed by atoms with Crippen LogP contribution < -0.4 is 10.6 Å². The molecule has 0 saturated heterocycles. The molecule has 0 unspecified atom stereocenters. The number of nitrogens with one attached hydrogen (secondary N) is 2. The highest BCUT2D eigenvalue weighted by Gasteiger charge is 2.00. The van der Waals surface area contributed by atoms with Crippen LogP contribution in [0.2, 0.25) is 0 Å². The van der Waals surface area contributed by atoms with E-state index in [1.54, 1.807) is 18.8 Å². The summed E-state index contributed by atoms with van der Waals surface area (Å²) in [6.45, 7) is 2.07. The highest BCUT2D eigenvalue weighted by molar-refractivity contribution is 5.73. The van der Waals surface area contributed by atoms with Gasteiger partial charge in [0.1, 0.15) is 0 Å². The summed E-state index contributed by atoms with van der Waals surface area (Å²) in [4.78, 5) is 12.7. The molecule has 0 aromatic carbocycles. The summed E-state index contributed by atoms with van der Waals surface area (Å²) >= 11 is 0. The molecule has 0 radical (unpaired) electrons. The Hall–Kier alpha value is -1.56. The fraction of sp³-hybridized carbons (Fsp3) is 0.600. The Morgan fingerprint density at radius 2 is 2.25 bits per heavy atom. The van der Waals surface area contributed by atoms with E-state index in [0.717, 1.165) is 18.8 Å². The maximum Gasteiger partial charge on any atom is 0.316 e. The molecular weight excluding hydrogens is 206 g/mol. The van der Waals surface area contributed by atoms with Crippen LogP contribution in [-0.4, -0.2) is 47.9 Å². The maximum absolute atomic E-state index is 11.2. The molecule has 2 N–H and O–H groups in total. The van der Waals surface area contributed by atoms with Gasteiger partial charge in [0.25, 0.3) is 0 Å². The number of carbonyl (C=O) groups is 1. The Balaban J connectivity index is 2.06. The molecule has 6 nitrogen and oxygen atoms in total. The van der Waals surface area contributed by atoms with Gasteiger partial charge < -0.3 is 15.5 Å². The topological polar surface area (TPSA) is 62.2 Å². The lowest BCUT2D eigenvalue weighted by atomic mass is 10.4. The normalized spacial score (nSPS) is 10.2. The smallest absolute Gasteiger partial charge is 0.316 e. The van der Waals surface area contributed by atoms with Gasteiger partial charge in [0.05, 0.1) is 5.69 Å². The van der Waals surface area contributed by atoms with Gasteiger partial charge in [-0.05, 0) is 6.07 Å². The lowest BCUT2D eigenvalue weighted by Gasteiger charge is -2.11. The van der Waals surface area contributed by atoms with Crippen LogP contribution in [0.4, 0.5) is 4.79 Å². The summed E-state index contributed by atoms with van der Waals surface area (Å²) in [5, 5.41) is 10.2. The van der Waals surface area contributed by atoms with Crippen LogP contribution in [-0.2, 0) is 13.6 Å². The molecule has 1 rings (SSSR count). The summed E-state index contributed by atoms with van der Waals surface area (Å²) in [7, 11) is 5.33. The van der Waals surface area contributed by atoms with Gasteiger partial charge in [-0.15, -0.1) is 0 Å². The summed E-state index contributed by atoms with van der Waals surface area (Å²) in [5.74, 6) is 0. The van der Waals surface area contributed by atoms with Crippen molar-refractivity contribution >= 4 is 6.03 Å². The molecule has 0 atom stereocenters. The highest BCUT2D eigenvalue weighted by atomic mass is 16.2. The van der Waals surface area contributed by atoms with E-state index in [0.29, 0.717) is 6.54 Å². The zero-order valence-electron chi connectivity index (χ0n) is 10.0. The zero-order chi connectivity index (χ0) is 12.0. The first kappa shape index (κ1) is 12.5. The lowest BCUT2D eigenvalue weighted by Crippen LogP contribution is -2.38. The Bertz CT molecular complexity index is 334. The minimum Gasteiger partial charge on any atom is -0.337 e. The number of aromatic nitrogens is 2. The van der Waals surface area contributed by atoms with Gasteiger partial charge in [-0.1, -0.05) is 0 Å². The van der Waals surface area contributed by atoms with Gasteiger partial charge >= 0.3 is 6.03 Å². The standard InChI is InChI=1S/C10H19N5O/c1-14(2)10(16)12-6-5-11-8-9-4-7-15(3)13-9/h4,7,11H,5-6,8H2,1-3H3,(H,12,16). The van der Waals surface area contributed by atoms with Crippen molar-refractivity contribution in [1.29, 1.82) is 0 Å². The van der Waals surface area contributed by atoms with Crippen molar-refractivity contribution in [2.24, 2.45) is 7.05 Å². The number of nitrogens with zero attached hydrogens (tertiary/aromatic N) is 3. The van der Waals surface area contributed by atoms with Crippen LogP contribution >= 0.6 is 0 Å². The number of urea groups is 1. The van der Waals surface area contributed by atoms with Crippen molar-refractivity contribution in [2.45, 2.75) is 6.54 Å². The average Bonchev–Trinajstić information content (AvgIpc) is 2.63. The van der Waals surface area contributed by atoms with E-state index in [1.165, 1.54) is 4.90 Å². The molecule has 0 aliphatic rings. The Kier molecular flexibility index (Phi) is 4.78. The largest absolute Gasteiger partial charge is 0.337 e. The van der Waals surface area contributed by atoms with E-state index in [9.17, 15) is 4.79 Å². The minimum atomic E-state index is -0.0698. The van der Waals surface area contributed by atoms with Crippen LogP contribution in [0.5, 0.6) is 0 Å². The summed E-state index contributed by atoms with van der Waals surface area (Å²) in [6, 6.07) is 1.89. The summed E-state index contributed by atoms with van der Waals surface area (Å²) in [6.07, 6.45) is 1.91. The van der Waals surface area contributed by atoms with Crippen molar-refractivity contribution in [3.8, 4) is 0 Å². The number of carbonyl (C=O) groups excluding carboxylic acids is 1. The third-order valence-corrected chi connectivity index (χ3v) is 2.06. The number of rotatable bonds is 5. The van der Waals surface area contributed by atoms with Crippen molar-refractivity contribution in [3.05, 3.63) is 18.0 Å². The highest BCUT2D eigenvalue weighted by Crippen LogP contribution is 1.91. The van der Waals surface area contributed by atoms with E-state index in [-0.39, 0.29) is 6.03 Å². The molecule has 1 aromatic rings. The summed E-state index contributed by atoms with van der Waals surface area (Å²) < 4.78 is 1.77. The SMILES string of the molecule is CN(C)C(=O)NCCNCc1ccn(C)n1. The molecule has 6 heteroatoms. The lowest BCUT2D eigenvalue weighted by molar-refractivity contribution is 0.217. The molecule has 0 aliphatic carbocycles. The van der Waals surface area contributed by atoms with Gasteiger partial charge in [0.15, 0.2) is 0 Å². The van der Waals surface area contributed by atoms with Crippen molar-refractivity contribution < 1.29 is 4.79 Å². The quantitative estimate of drug-likeness (QED) is 0.681. The number of aryl methyl sites for hydroxylation is 1. The second-order valence-corrected chi connectivity index (χ2v) is 3.78. The van der Waals surface area contributed by atoms with Crippen molar-refractivity contribution in [1.82, 2.24) is 25.3 Å². The average molecular weight is 225 g/mol. The molecule has 0 aliphatic heterocycles. The molecule has 0 spiro atoms. The fourth-order valence-electron chi connectivity index (χ4n) is 1.19.